The summed E-state index contributed by atoms with van der Waals surface area (Å²) in [6.07, 6.45) is 3.18. The molecule has 0 spiro atoms. The number of hydrogen-bond acceptors (Lipinski definition) is 5. The Kier molecular flexibility index (Phi) is 5.76. The van der Waals surface area contributed by atoms with Gasteiger partial charge in [0, 0.05) is 59.2 Å². The maximum absolute atomic E-state index is 13.7. The lowest BCUT2D eigenvalue weighted by Crippen LogP contribution is -2.29. The molecule has 0 saturated carbocycles. The highest BCUT2D eigenvalue weighted by Gasteiger charge is 2.39. The van der Waals surface area contributed by atoms with Crippen molar-refractivity contribution in [1.29, 1.82) is 0 Å². The van der Waals surface area contributed by atoms with Crippen molar-refractivity contribution in [3.05, 3.63) is 65.7 Å². The lowest BCUT2D eigenvalue weighted by atomic mass is 10.2. The van der Waals surface area contributed by atoms with E-state index in [2.05, 4.69) is 26.6 Å². The van der Waals surface area contributed by atoms with Crippen LogP contribution in [-0.2, 0) is 13.6 Å². The van der Waals surface area contributed by atoms with Crippen molar-refractivity contribution in [3.63, 3.8) is 0 Å². The maximum atomic E-state index is 13.7. The molecule has 5 rings (SSSR count). The first-order valence-corrected chi connectivity index (χ1v) is 11.7. The van der Waals surface area contributed by atoms with Crippen molar-refractivity contribution >= 4 is 34.4 Å². The van der Waals surface area contributed by atoms with Gasteiger partial charge in [-0.3, -0.25) is 9.89 Å². The largest absolute Gasteiger partial charge is 0.350 e. The number of aromatic nitrogens is 4. The van der Waals surface area contributed by atoms with E-state index in [1.54, 1.807) is 35.1 Å². The molecule has 1 aliphatic heterocycles. The van der Waals surface area contributed by atoms with Crippen LogP contribution in [0.3, 0.4) is 0 Å². The Morgan fingerprint density at radius 3 is 2.94 bits per heavy atom. The zero-order valence-corrected chi connectivity index (χ0v) is 19.6. The van der Waals surface area contributed by atoms with E-state index in [4.69, 9.17) is 0 Å². The number of H-pyrrole nitrogens is 1. The summed E-state index contributed by atoms with van der Waals surface area (Å²) in [5.41, 5.74) is 3.19. The highest BCUT2D eigenvalue weighted by Crippen LogP contribution is 2.34. The molecular formula is C24H24F2N6OS. The van der Waals surface area contributed by atoms with E-state index in [1.165, 1.54) is 0 Å². The Hall–Kier alpha value is -3.40. The number of fused-ring (bicyclic) bond motifs is 1. The van der Waals surface area contributed by atoms with E-state index in [0.29, 0.717) is 17.1 Å². The summed E-state index contributed by atoms with van der Waals surface area (Å²) < 4.78 is 29.3. The number of rotatable bonds is 6. The molecule has 0 unspecified atom stereocenters. The second-order valence-corrected chi connectivity index (χ2v) is 9.57. The fourth-order valence-electron chi connectivity index (χ4n) is 4.14. The number of pyridine rings is 1. The first kappa shape index (κ1) is 22.4. The number of nitrogens with one attached hydrogen (secondary N) is 2. The Morgan fingerprint density at radius 2 is 2.15 bits per heavy atom. The van der Waals surface area contributed by atoms with Crippen LogP contribution in [0.2, 0.25) is 0 Å². The number of aromatic amines is 1. The Bertz CT molecular complexity index is 1360. The predicted molar refractivity (Wildman–Crippen MR) is 128 cm³/mol. The number of nitrogens with zero attached hydrogens (tertiary/aromatic N) is 4. The normalized spacial score (nSPS) is 15.2. The van der Waals surface area contributed by atoms with Crippen molar-refractivity contribution in [1.82, 2.24) is 25.1 Å². The molecule has 0 radical (unpaired) electrons. The first-order chi connectivity index (χ1) is 16.3. The number of amides is 1. The van der Waals surface area contributed by atoms with Gasteiger partial charge in [-0.05, 0) is 37.3 Å². The quantitative estimate of drug-likeness (QED) is 0.422. The van der Waals surface area contributed by atoms with Gasteiger partial charge in [-0.1, -0.05) is 17.8 Å². The molecule has 1 aliphatic rings. The van der Waals surface area contributed by atoms with Gasteiger partial charge in [0.25, 0.3) is 11.8 Å². The fourth-order valence-corrected chi connectivity index (χ4v) is 5.17. The summed E-state index contributed by atoms with van der Waals surface area (Å²) in [6.45, 7) is 2.07. The third-order valence-corrected chi connectivity index (χ3v) is 7.26. The molecule has 2 N–H and O–H groups in total. The van der Waals surface area contributed by atoms with E-state index in [0.717, 1.165) is 26.4 Å². The van der Waals surface area contributed by atoms with E-state index >= 15 is 0 Å². The van der Waals surface area contributed by atoms with Crippen LogP contribution in [0.5, 0.6) is 0 Å². The zero-order chi connectivity index (χ0) is 23.9. The molecular weight excluding hydrogens is 458 g/mol. The second-order valence-electron chi connectivity index (χ2n) is 8.46. The molecule has 0 atom stereocenters. The van der Waals surface area contributed by atoms with Crippen LogP contribution >= 0.6 is 11.8 Å². The highest BCUT2D eigenvalue weighted by molar-refractivity contribution is 7.99. The van der Waals surface area contributed by atoms with Crippen molar-refractivity contribution in [2.24, 2.45) is 7.05 Å². The number of anilines is 1. The van der Waals surface area contributed by atoms with Gasteiger partial charge in [-0.25, -0.2) is 13.8 Å². The number of halogens is 2. The Balaban J connectivity index is 1.30. The summed E-state index contributed by atoms with van der Waals surface area (Å²) in [4.78, 5) is 20.9. The molecule has 1 fully saturated rings. The summed E-state index contributed by atoms with van der Waals surface area (Å²) in [5, 5.41) is 11.0. The zero-order valence-electron chi connectivity index (χ0n) is 18.8. The summed E-state index contributed by atoms with van der Waals surface area (Å²) in [6, 6.07) is 11.5. The van der Waals surface area contributed by atoms with Gasteiger partial charge in [0.05, 0.1) is 18.3 Å². The van der Waals surface area contributed by atoms with Crippen molar-refractivity contribution < 1.29 is 13.6 Å². The van der Waals surface area contributed by atoms with Crippen molar-refractivity contribution in [2.75, 3.05) is 18.0 Å². The highest BCUT2D eigenvalue weighted by atomic mass is 32.2. The average Bonchev–Trinajstić information content (AvgIpc) is 3.51. The van der Waals surface area contributed by atoms with Crippen LogP contribution in [0.25, 0.3) is 10.9 Å². The van der Waals surface area contributed by atoms with Crippen LogP contribution in [0.15, 0.2) is 58.6 Å². The van der Waals surface area contributed by atoms with Crippen molar-refractivity contribution in [2.45, 2.75) is 35.6 Å². The van der Waals surface area contributed by atoms with E-state index in [1.807, 2.05) is 42.8 Å². The maximum Gasteiger partial charge on any atom is 0.268 e. The molecule has 7 nitrogen and oxygen atoms in total. The molecule has 3 aromatic heterocycles. The number of hydrogen-bond donors (Lipinski definition) is 2. The third kappa shape index (κ3) is 4.37. The second kappa shape index (κ2) is 8.75. The van der Waals surface area contributed by atoms with E-state index < -0.39 is 5.92 Å². The van der Waals surface area contributed by atoms with E-state index in [-0.39, 0.29) is 32.0 Å². The topological polar surface area (TPSA) is 78.8 Å². The minimum atomic E-state index is -2.71. The van der Waals surface area contributed by atoms with E-state index in [9.17, 15) is 13.6 Å². The smallest absolute Gasteiger partial charge is 0.268 e. The van der Waals surface area contributed by atoms with Gasteiger partial charge >= 0.3 is 0 Å². The lowest BCUT2D eigenvalue weighted by Gasteiger charge is -2.20. The first-order valence-electron chi connectivity index (χ1n) is 10.9. The average molecular weight is 483 g/mol. The monoisotopic (exact) mass is 482 g/mol. The van der Waals surface area contributed by atoms with Gasteiger partial charge in [-0.15, -0.1) is 0 Å². The Labute approximate surface area is 199 Å². The van der Waals surface area contributed by atoms with Gasteiger partial charge in [0.2, 0.25) is 0 Å². The molecule has 1 amide bonds. The molecule has 176 valence electrons. The third-order valence-electron chi connectivity index (χ3n) is 6.14. The van der Waals surface area contributed by atoms with Crippen LogP contribution in [0.4, 0.5) is 14.6 Å². The molecule has 4 heterocycles. The number of alkyl halides is 2. The number of carbonyl (C=O) groups is 1. The van der Waals surface area contributed by atoms with Crippen LogP contribution in [-0.4, -0.2) is 44.7 Å². The SMILES string of the molecule is Cc1c(Sc2ccc3[nH]ncc3c2)cc(C(=O)NCc2cccnc2N2CCC(F)(F)C2)n1C. The number of carbonyl (C=O) groups excluding carboxylic acids is 1. The summed E-state index contributed by atoms with van der Waals surface area (Å²) in [7, 11) is 1.86. The number of benzene rings is 1. The Morgan fingerprint density at radius 1 is 1.29 bits per heavy atom. The fraction of sp³-hybridized carbons (Fsp3) is 0.292. The van der Waals surface area contributed by atoms with Crippen LogP contribution in [0, 0.1) is 6.92 Å². The molecule has 34 heavy (non-hydrogen) atoms. The van der Waals surface area contributed by atoms with Crippen molar-refractivity contribution in [3.8, 4) is 0 Å². The summed E-state index contributed by atoms with van der Waals surface area (Å²) in [5.74, 6) is -2.45. The molecule has 1 saturated heterocycles. The molecule has 4 aromatic rings. The van der Waals surface area contributed by atoms with Gasteiger partial charge in [0.15, 0.2) is 0 Å². The molecule has 0 aliphatic carbocycles. The predicted octanol–water partition coefficient (Wildman–Crippen LogP) is 4.53. The summed E-state index contributed by atoms with van der Waals surface area (Å²) >= 11 is 1.59. The standard InChI is InChI=1S/C24H24F2N6OS/c1-15-21(34-18-5-6-19-17(10-18)13-29-30-19)11-20(31(15)2)23(33)28-12-16-4-3-8-27-22(16)32-9-7-24(25,26)14-32/h3-6,8,10-11,13H,7,9,12,14H2,1-2H3,(H,28,33)(H,29,30). The molecule has 0 bridgehead atoms. The molecule has 1 aromatic carbocycles. The van der Waals surface area contributed by atoms with Crippen LogP contribution < -0.4 is 10.2 Å². The van der Waals surface area contributed by atoms with Crippen LogP contribution in [0.1, 0.15) is 28.2 Å². The minimum absolute atomic E-state index is 0.189. The van der Waals surface area contributed by atoms with Gasteiger partial charge in [0.1, 0.15) is 11.5 Å². The van der Waals surface area contributed by atoms with Gasteiger partial charge < -0.3 is 14.8 Å². The lowest BCUT2D eigenvalue weighted by molar-refractivity contribution is 0.0256. The van der Waals surface area contributed by atoms with Gasteiger partial charge in [-0.2, -0.15) is 5.10 Å². The molecule has 10 heteroatoms. The minimum Gasteiger partial charge on any atom is -0.350 e.